The summed E-state index contributed by atoms with van der Waals surface area (Å²) >= 11 is 0. The predicted molar refractivity (Wildman–Crippen MR) is 84.5 cm³/mol. The van der Waals surface area contributed by atoms with Gasteiger partial charge in [-0.3, -0.25) is 0 Å². The molecule has 0 heterocycles. The second kappa shape index (κ2) is 10.0. The first-order valence-electron chi connectivity index (χ1n) is 8.26. The summed E-state index contributed by atoms with van der Waals surface area (Å²) in [6.07, 6.45) is 7.46. The van der Waals surface area contributed by atoms with Crippen molar-refractivity contribution >= 4 is 6.09 Å². The van der Waals surface area contributed by atoms with E-state index in [2.05, 4.69) is 10.6 Å². The van der Waals surface area contributed by atoms with Crippen LogP contribution in [0.4, 0.5) is 4.79 Å². The van der Waals surface area contributed by atoms with Crippen molar-refractivity contribution in [3.63, 3.8) is 0 Å². The van der Waals surface area contributed by atoms with E-state index in [0.29, 0.717) is 12.6 Å². The third kappa shape index (κ3) is 10.5. The van der Waals surface area contributed by atoms with Gasteiger partial charge in [0.15, 0.2) is 0 Å². The number of nitrogens with one attached hydrogen (secondary N) is 2. The van der Waals surface area contributed by atoms with Gasteiger partial charge < -0.3 is 20.1 Å². The molecule has 0 radical (unpaired) electrons. The number of hydrogen-bond acceptors (Lipinski definition) is 4. The summed E-state index contributed by atoms with van der Waals surface area (Å²) in [7, 11) is 0. The van der Waals surface area contributed by atoms with E-state index in [1.165, 1.54) is 32.1 Å². The van der Waals surface area contributed by atoms with Gasteiger partial charge in [-0.2, -0.15) is 0 Å². The lowest BCUT2D eigenvalue weighted by molar-refractivity contribution is 0.0303. The van der Waals surface area contributed by atoms with Gasteiger partial charge in [0.25, 0.3) is 0 Å². The van der Waals surface area contributed by atoms with Gasteiger partial charge in [-0.25, -0.2) is 4.79 Å². The zero-order valence-corrected chi connectivity index (χ0v) is 13.9. The van der Waals surface area contributed by atoms with Crippen molar-refractivity contribution in [1.82, 2.24) is 10.6 Å². The fraction of sp³-hybridized carbons (Fsp3) is 0.938. The molecule has 0 bridgehead atoms. The van der Waals surface area contributed by atoms with E-state index in [9.17, 15) is 4.79 Å². The molecule has 5 heteroatoms. The highest BCUT2D eigenvalue weighted by Gasteiger charge is 2.15. The smallest absolute Gasteiger partial charge is 0.407 e. The molecule has 0 aliphatic heterocycles. The lowest BCUT2D eigenvalue weighted by Crippen LogP contribution is -2.34. The Morgan fingerprint density at radius 2 is 1.81 bits per heavy atom. The van der Waals surface area contributed by atoms with Crippen LogP contribution in [0, 0.1) is 0 Å². The van der Waals surface area contributed by atoms with Crippen LogP contribution in [0.5, 0.6) is 0 Å². The minimum Gasteiger partial charge on any atom is -0.444 e. The van der Waals surface area contributed by atoms with Crippen LogP contribution in [-0.2, 0) is 9.47 Å². The Kier molecular flexibility index (Phi) is 8.69. The molecule has 1 amide bonds. The summed E-state index contributed by atoms with van der Waals surface area (Å²) in [5.41, 5.74) is -0.432. The summed E-state index contributed by atoms with van der Waals surface area (Å²) in [4.78, 5) is 11.4. The van der Waals surface area contributed by atoms with E-state index < -0.39 is 5.60 Å². The van der Waals surface area contributed by atoms with E-state index in [1.807, 2.05) is 20.8 Å². The topological polar surface area (TPSA) is 59.6 Å². The molecule has 0 aromatic heterocycles. The molecule has 1 saturated carbocycles. The molecule has 0 unspecified atom stereocenters. The molecule has 1 rings (SSSR count). The molecule has 0 aromatic rings. The highest BCUT2D eigenvalue weighted by Crippen LogP contribution is 2.19. The average Bonchev–Trinajstić information content (AvgIpc) is 2.41. The summed E-state index contributed by atoms with van der Waals surface area (Å²) < 4.78 is 11.0. The van der Waals surface area contributed by atoms with Gasteiger partial charge in [0, 0.05) is 13.1 Å². The summed E-state index contributed by atoms with van der Waals surface area (Å²) in [5.74, 6) is 0. The summed E-state index contributed by atoms with van der Waals surface area (Å²) in [5, 5.41) is 6.08. The van der Waals surface area contributed by atoms with Crippen LogP contribution in [0.2, 0.25) is 0 Å². The Bertz CT molecular complexity index is 284. The van der Waals surface area contributed by atoms with Gasteiger partial charge in [0.2, 0.25) is 0 Å². The van der Waals surface area contributed by atoms with Crippen LogP contribution in [0.25, 0.3) is 0 Å². The highest BCUT2D eigenvalue weighted by atomic mass is 16.6. The molecule has 0 aromatic carbocycles. The summed E-state index contributed by atoms with van der Waals surface area (Å²) in [6, 6.07) is 0. The van der Waals surface area contributed by atoms with E-state index in [-0.39, 0.29) is 6.09 Å². The van der Waals surface area contributed by atoms with Crippen molar-refractivity contribution in [3.05, 3.63) is 0 Å². The zero-order valence-electron chi connectivity index (χ0n) is 13.9. The number of carbonyl (C=O) groups is 1. The minimum absolute atomic E-state index is 0.344. The Morgan fingerprint density at radius 1 is 1.10 bits per heavy atom. The van der Waals surface area contributed by atoms with Gasteiger partial charge in [-0.15, -0.1) is 0 Å². The van der Waals surface area contributed by atoms with Crippen molar-refractivity contribution in [2.24, 2.45) is 0 Å². The standard InChI is InChI=1S/C16H32N2O3/c1-16(2,3)21-15(19)18-11-7-10-17-12-13-20-14-8-5-4-6-9-14/h14,17H,4-13H2,1-3H3,(H,18,19). The van der Waals surface area contributed by atoms with E-state index in [1.54, 1.807) is 0 Å². The van der Waals surface area contributed by atoms with E-state index in [4.69, 9.17) is 9.47 Å². The number of ether oxygens (including phenoxy) is 2. The predicted octanol–water partition coefficient (Wildman–Crippen LogP) is 2.84. The molecular formula is C16H32N2O3. The van der Waals surface area contributed by atoms with Crippen molar-refractivity contribution in [2.75, 3.05) is 26.2 Å². The van der Waals surface area contributed by atoms with Crippen LogP contribution in [0.1, 0.15) is 59.3 Å². The van der Waals surface area contributed by atoms with Crippen LogP contribution in [-0.4, -0.2) is 44.0 Å². The Morgan fingerprint density at radius 3 is 2.48 bits per heavy atom. The maximum Gasteiger partial charge on any atom is 0.407 e. The molecule has 2 N–H and O–H groups in total. The molecule has 1 aliphatic carbocycles. The highest BCUT2D eigenvalue weighted by molar-refractivity contribution is 5.67. The number of carbonyl (C=O) groups excluding carboxylic acids is 1. The Labute approximate surface area is 129 Å². The minimum atomic E-state index is -0.432. The first-order chi connectivity index (χ1) is 9.97. The quantitative estimate of drug-likeness (QED) is 0.677. The van der Waals surface area contributed by atoms with Crippen molar-refractivity contribution < 1.29 is 14.3 Å². The average molecular weight is 300 g/mol. The normalized spacial score (nSPS) is 16.7. The number of amides is 1. The Balaban J connectivity index is 1.85. The number of alkyl carbamates (subject to hydrolysis) is 1. The van der Waals surface area contributed by atoms with Crippen molar-refractivity contribution in [3.8, 4) is 0 Å². The zero-order chi connectivity index (χ0) is 15.6. The molecule has 0 saturated heterocycles. The second-order valence-corrected chi connectivity index (χ2v) is 6.66. The van der Waals surface area contributed by atoms with Gasteiger partial charge in [-0.1, -0.05) is 19.3 Å². The first-order valence-corrected chi connectivity index (χ1v) is 8.26. The van der Waals surface area contributed by atoms with Crippen LogP contribution in [0.15, 0.2) is 0 Å². The fourth-order valence-electron chi connectivity index (χ4n) is 2.37. The second-order valence-electron chi connectivity index (χ2n) is 6.66. The lowest BCUT2D eigenvalue weighted by Gasteiger charge is -2.22. The Hall–Kier alpha value is -0.810. The van der Waals surface area contributed by atoms with Gasteiger partial charge in [-0.05, 0) is 46.6 Å². The van der Waals surface area contributed by atoms with Crippen LogP contribution in [0.3, 0.4) is 0 Å². The molecule has 0 atom stereocenters. The van der Waals surface area contributed by atoms with E-state index >= 15 is 0 Å². The molecular weight excluding hydrogens is 268 g/mol. The third-order valence-electron chi connectivity index (χ3n) is 3.38. The maximum atomic E-state index is 11.4. The largest absolute Gasteiger partial charge is 0.444 e. The van der Waals surface area contributed by atoms with Crippen LogP contribution >= 0.6 is 0 Å². The molecule has 5 nitrogen and oxygen atoms in total. The fourth-order valence-corrected chi connectivity index (χ4v) is 2.37. The molecule has 0 spiro atoms. The maximum absolute atomic E-state index is 11.4. The molecule has 124 valence electrons. The SMILES string of the molecule is CC(C)(C)OC(=O)NCCCNCCOC1CCCCC1. The number of rotatable bonds is 8. The monoisotopic (exact) mass is 300 g/mol. The van der Waals surface area contributed by atoms with Crippen molar-refractivity contribution in [1.29, 1.82) is 0 Å². The van der Waals surface area contributed by atoms with Gasteiger partial charge >= 0.3 is 6.09 Å². The summed E-state index contributed by atoms with van der Waals surface area (Å²) in [6.45, 7) is 8.75. The molecule has 21 heavy (non-hydrogen) atoms. The van der Waals surface area contributed by atoms with Gasteiger partial charge in [0.05, 0.1) is 12.7 Å². The molecule has 1 aliphatic rings. The van der Waals surface area contributed by atoms with Crippen molar-refractivity contribution in [2.45, 2.75) is 71.0 Å². The third-order valence-corrected chi connectivity index (χ3v) is 3.38. The lowest BCUT2D eigenvalue weighted by atomic mass is 9.98. The molecule has 1 fully saturated rings. The van der Waals surface area contributed by atoms with E-state index in [0.717, 1.165) is 26.1 Å². The van der Waals surface area contributed by atoms with Gasteiger partial charge in [0.1, 0.15) is 5.60 Å². The van der Waals surface area contributed by atoms with Crippen LogP contribution < -0.4 is 10.6 Å². The first kappa shape index (κ1) is 18.2. The number of hydrogen-bond donors (Lipinski definition) is 2.